The van der Waals surface area contributed by atoms with Gasteiger partial charge in [-0.25, -0.2) is 9.97 Å². The van der Waals surface area contributed by atoms with E-state index in [-0.39, 0.29) is 24.5 Å². The van der Waals surface area contributed by atoms with Crippen LogP contribution in [-0.4, -0.2) is 93.8 Å². The summed E-state index contributed by atoms with van der Waals surface area (Å²) in [4.78, 5) is 46.1. The maximum Gasteiger partial charge on any atom is 0.296 e. The number of anilines is 2. The highest BCUT2D eigenvalue weighted by molar-refractivity contribution is 6.03. The zero-order valence-electron chi connectivity index (χ0n) is 24.3. The Hall–Kier alpha value is -4.83. The molecule has 2 fully saturated rings. The Kier molecular flexibility index (Phi) is 9.07. The van der Waals surface area contributed by atoms with Gasteiger partial charge in [-0.1, -0.05) is 18.1 Å². The predicted molar refractivity (Wildman–Crippen MR) is 166 cm³/mol. The van der Waals surface area contributed by atoms with Gasteiger partial charge in [0.15, 0.2) is 0 Å². The molecule has 0 radical (unpaired) electrons. The molecule has 0 aliphatic carbocycles. The minimum atomic E-state index is -0.379. The average Bonchev–Trinajstić information content (AvgIpc) is 3.50. The molecule has 2 saturated heterocycles. The lowest BCUT2D eigenvalue weighted by atomic mass is 10.0. The molecule has 6 rings (SSSR count). The first kappa shape index (κ1) is 29.3. The van der Waals surface area contributed by atoms with Crippen LogP contribution in [0.25, 0.3) is 22.3 Å². The number of amides is 2. The summed E-state index contributed by atoms with van der Waals surface area (Å²) in [6.07, 6.45) is 5.03. The molecule has 12 heteroatoms. The minimum absolute atomic E-state index is 0.0130. The fourth-order valence-corrected chi connectivity index (χ4v) is 5.65. The largest absolute Gasteiger partial charge is 0.384 e. The molecule has 12 nitrogen and oxygen atoms in total. The third-order valence-corrected chi connectivity index (χ3v) is 7.75. The number of aromatic amines is 1. The second-order valence-corrected chi connectivity index (χ2v) is 10.8. The number of carbonyl (C=O) groups is 2. The molecular weight excluding hydrogens is 560 g/mol. The van der Waals surface area contributed by atoms with E-state index in [0.717, 1.165) is 66.1 Å². The number of fused-ring (bicyclic) bond motifs is 1. The van der Waals surface area contributed by atoms with Crippen LogP contribution in [0.2, 0.25) is 0 Å². The third-order valence-electron chi connectivity index (χ3n) is 7.75. The first-order chi connectivity index (χ1) is 21.6. The number of nitrogens with zero attached hydrogens (tertiary/aromatic N) is 5. The lowest BCUT2D eigenvalue weighted by Gasteiger charge is -2.32. The molecule has 2 amide bonds. The van der Waals surface area contributed by atoms with Crippen LogP contribution >= 0.6 is 0 Å². The van der Waals surface area contributed by atoms with Crippen molar-refractivity contribution in [3.63, 3.8) is 0 Å². The molecule has 4 N–H and O–H groups in total. The van der Waals surface area contributed by atoms with Crippen molar-refractivity contribution in [2.75, 3.05) is 56.2 Å². The summed E-state index contributed by atoms with van der Waals surface area (Å²) in [6, 6.07) is 13.4. The standard InChI is InChI=1S/C32H34N8O4/c41-14-2-4-29(42)36-25-3-1-11-39(20-25)19-22-9-10-33-28(17-22)32(43)37-24-7-5-23(6-8-24)27-18-26-30(38-27)34-21-35-31(26)40-12-15-44-16-13-40/h5-10,17-18,21,25,41H,1,3,11-16,19-20H2,(H,36,42)(H,37,43)(H,34,35,38)/t25-/m1/s1. The van der Waals surface area contributed by atoms with E-state index >= 15 is 0 Å². The topological polar surface area (TPSA) is 149 Å². The number of hydrogen-bond acceptors (Lipinski definition) is 9. The van der Waals surface area contributed by atoms with Gasteiger partial charge in [-0.15, -0.1) is 0 Å². The van der Waals surface area contributed by atoms with Crippen LogP contribution in [0.4, 0.5) is 11.5 Å². The van der Waals surface area contributed by atoms with E-state index in [4.69, 9.17) is 9.84 Å². The van der Waals surface area contributed by atoms with Crippen LogP contribution in [0.3, 0.4) is 0 Å². The van der Waals surface area contributed by atoms with Gasteiger partial charge in [0.05, 0.1) is 18.6 Å². The summed E-state index contributed by atoms with van der Waals surface area (Å²) in [7, 11) is 0. The number of aliphatic hydroxyl groups excluding tert-OH is 1. The smallest absolute Gasteiger partial charge is 0.296 e. The van der Waals surface area contributed by atoms with Crippen molar-refractivity contribution in [2.45, 2.75) is 25.4 Å². The maximum absolute atomic E-state index is 13.1. The van der Waals surface area contributed by atoms with Crippen molar-refractivity contribution in [3.05, 3.63) is 66.2 Å². The molecule has 0 saturated carbocycles. The number of rotatable bonds is 7. The van der Waals surface area contributed by atoms with Gasteiger partial charge in [-0.3, -0.25) is 19.5 Å². The van der Waals surface area contributed by atoms with Crippen molar-refractivity contribution in [1.82, 2.24) is 30.2 Å². The second-order valence-electron chi connectivity index (χ2n) is 10.8. The molecule has 2 aliphatic rings. The van der Waals surface area contributed by atoms with E-state index in [9.17, 15) is 9.59 Å². The summed E-state index contributed by atoms with van der Waals surface area (Å²) >= 11 is 0. The van der Waals surface area contributed by atoms with Crippen molar-refractivity contribution in [1.29, 1.82) is 0 Å². The number of carbonyl (C=O) groups excluding carboxylic acids is 2. The zero-order chi connectivity index (χ0) is 30.3. The Morgan fingerprint density at radius 3 is 2.73 bits per heavy atom. The SMILES string of the molecule is O=C(C#CCO)N[C@@H]1CCCN(Cc2ccnc(C(=O)Nc3ccc(-c4cc5c(N6CCOCC6)ncnc5[nH]4)cc3)c2)C1. The van der Waals surface area contributed by atoms with Crippen LogP contribution in [0.5, 0.6) is 0 Å². The van der Waals surface area contributed by atoms with Crippen LogP contribution < -0.4 is 15.5 Å². The van der Waals surface area contributed by atoms with Crippen LogP contribution in [-0.2, 0) is 16.1 Å². The first-order valence-corrected chi connectivity index (χ1v) is 14.7. The summed E-state index contributed by atoms with van der Waals surface area (Å²) in [5.41, 5.74) is 4.61. The van der Waals surface area contributed by atoms with Crippen LogP contribution in [0, 0.1) is 11.8 Å². The molecule has 1 atom stereocenters. The minimum Gasteiger partial charge on any atom is -0.384 e. The molecule has 226 valence electrons. The molecule has 5 heterocycles. The zero-order valence-corrected chi connectivity index (χ0v) is 24.3. The van der Waals surface area contributed by atoms with E-state index in [1.165, 1.54) is 0 Å². The first-order valence-electron chi connectivity index (χ1n) is 14.7. The van der Waals surface area contributed by atoms with E-state index < -0.39 is 0 Å². The van der Waals surface area contributed by atoms with E-state index in [2.05, 4.69) is 58.3 Å². The van der Waals surface area contributed by atoms with Gasteiger partial charge in [0.1, 0.15) is 30.1 Å². The number of aromatic nitrogens is 4. The fourth-order valence-electron chi connectivity index (χ4n) is 5.65. The van der Waals surface area contributed by atoms with Crippen molar-refractivity contribution < 1.29 is 19.4 Å². The highest BCUT2D eigenvalue weighted by atomic mass is 16.5. The molecule has 0 spiro atoms. The number of morpholine rings is 1. The molecule has 44 heavy (non-hydrogen) atoms. The monoisotopic (exact) mass is 594 g/mol. The number of H-pyrrole nitrogens is 1. The summed E-state index contributed by atoms with van der Waals surface area (Å²) in [5, 5.41) is 15.6. The lowest BCUT2D eigenvalue weighted by molar-refractivity contribution is -0.116. The van der Waals surface area contributed by atoms with E-state index in [1.54, 1.807) is 18.6 Å². The van der Waals surface area contributed by atoms with Gasteiger partial charge in [0, 0.05) is 49.8 Å². The summed E-state index contributed by atoms with van der Waals surface area (Å²) < 4.78 is 5.49. The molecular formula is C32H34N8O4. The van der Waals surface area contributed by atoms with Gasteiger partial charge in [0.2, 0.25) is 0 Å². The van der Waals surface area contributed by atoms with Crippen LogP contribution in [0.15, 0.2) is 55.0 Å². The number of ether oxygens (including phenoxy) is 1. The summed E-state index contributed by atoms with van der Waals surface area (Å²) in [6.45, 7) is 4.81. The van der Waals surface area contributed by atoms with E-state index in [0.29, 0.717) is 37.7 Å². The number of likely N-dealkylation sites (tertiary alicyclic amines) is 1. The number of nitrogens with one attached hydrogen (secondary N) is 3. The Morgan fingerprint density at radius 2 is 1.91 bits per heavy atom. The Labute approximate surface area is 254 Å². The fraction of sp³-hybridized carbons (Fsp3) is 0.344. The van der Waals surface area contributed by atoms with Gasteiger partial charge >= 0.3 is 0 Å². The quantitative estimate of drug-likeness (QED) is 0.236. The molecule has 4 aromatic rings. The normalized spacial score (nSPS) is 17.1. The highest BCUT2D eigenvalue weighted by Crippen LogP contribution is 2.29. The predicted octanol–water partition coefficient (Wildman–Crippen LogP) is 2.19. The molecule has 0 bridgehead atoms. The number of piperidine rings is 1. The maximum atomic E-state index is 13.1. The average molecular weight is 595 g/mol. The number of hydrogen-bond donors (Lipinski definition) is 4. The molecule has 0 unspecified atom stereocenters. The van der Waals surface area contributed by atoms with Crippen LogP contribution in [0.1, 0.15) is 28.9 Å². The molecule has 2 aliphatic heterocycles. The number of benzene rings is 1. The summed E-state index contributed by atoms with van der Waals surface area (Å²) in [5.74, 6) is 4.99. The van der Waals surface area contributed by atoms with Gasteiger partial charge < -0.3 is 30.4 Å². The lowest BCUT2D eigenvalue weighted by Crippen LogP contribution is -2.47. The van der Waals surface area contributed by atoms with Crippen molar-refractivity contribution >= 4 is 34.4 Å². The van der Waals surface area contributed by atoms with Crippen molar-refractivity contribution in [3.8, 4) is 23.1 Å². The van der Waals surface area contributed by atoms with Crippen molar-refractivity contribution in [2.24, 2.45) is 0 Å². The molecule has 1 aromatic carbocycles. The van der Waals surface area contributed by atoms with E-state index in [1.807, 2.05) is 30.3 Å². The van der Waals surface area contributed by atoms with Gasteiger partial charge in [0.25, 0.3) is 11.8 Å². The van der Waals surface area contributed by atoms with Gasteiger partial charge in [-0.2, -0.15) is 0 Å². The Balaban J connectivity index is 1.08. The molecule has 3 aromatic heterocycles. The van der Waals surface area contributed by atoms with Gasteiger partial charge in [-0.05, 0) is 66.8 Å². The second kappa shape index (κ2) is 13.6. The third kappa shape index (κ3) is 7.03. The Morgan fingerprint density at radius 1 is 1.07 bits per heavy atom. The Bertz CT molecular complexity index is 1690. The highest BCUT2D eigenvalue weighted by Gasteiger charge is 2.22. The number of pyridine rings is 1. The number of aliphatic hydroxyl groups is 1.